The van der Waals surface area contributed by atoms with Crippen molar-refractivity contribution in [3.8, 4) is 22.9 Å². The van der Waals surface area contributed by atoms with Crippen LogP contribution in [0.2, 0.25) is 0 Å². The standard InChI is InChI=1S/C26H24N6O.CH3NO2/c27-25-24-23(31-26(32(24)29-16-28-25)18-7-3-1-4-8-18)19-12-11-17-13-14-22(30-21(17)15-19)33-20-9-5-2-6-10-20;2-1(3)4/h2,5-6,9-16,18H,1,3-4,7-8H2,(H2,27,28,29);2H2,(H,3,4). The highest BCUT2D eigenvalue weighted by Gasteiger charge is 2.25. The fourth-order valence-electron chi connectivity index (χ4n) is 4.72. The molecule has 2 aromatic carbocycles. The molecule has 0 saturated heterocycles. The number of aromatic nitrogens is 5. The van der Waals surface area contributed by atoms with Crippen LogP contribution in [0.4, 0.5) is 10.6 Å². The van der Waals surface area contributed by atoms with Gasteiger partial charge in [-0.15, -0.1) is 0 Å². The molecule has 37 heavy (non-hydrogen) atoms. The lowest BCUT2D eigenvalue weighted by atomic mass is 9.89. The molecule has 10 heteroatoms. The van der Waals surface area contributed by atoms with Crippen LogP contribution in [0, 0.1) is 0 Å². The van der Waals surface area contributed by atoms with E-state index in [1.165, 1.54) is 25.6 Å². The van der Waals surface area contributed by atoms with E-state index < -0.39 is 6.09 Å². The zero-order valence-electron chi connectivity index (χ0n) is 20.1. The molecule has 0 radical (unpaired) electrons. The van der Waals surface area contributed by atoms with Crippen molar-refractivity contribution < 1.29 is 14.6 Å². The Balaban J connectivity index is 0.000000655. The minimum atomic E-state index is -1.33. The average molecular weight is 498 g/mol. The summed E-state index contributed by atoms with van der Waals surface area (Å²) in [6, 6.07) is 19.7. The smallest absolute Gasteiger partial charge is 0.402 e. The number of nitrogens with two attached hydrogens (primary N) is 2. The highest BCUT2D eigenvalue weighted by molar-refractivity contribution is 5.90. The van der Waals surface area contributed by atoms with Crippen molar-refractivity contribution >= 4 is 28.3 Å². The number of nitrogen functional groups attached to an aromatic ring is 1. The number of fused-ring (bicyclic) bond motifs is 2. The van der Waals surface area contributed by atoms with Gasteiger partial charge in [0, 0.05) is 22.9 Å². The van der Waals surface area contributed by atoms with Crippen LogP contribution in [-0.4, -0.2) is 35.8 Å². The number of rotatable bonds is 4. The van der Waals surface area contributed by atoms with Gasteiger partial charge in [0.25, 0.3) is 0 Å². The molecular formula is C27H27N7O3. The van der Waals surface area contributed by atoms with Gasteiger partial charge >= 0.3 is 6.09 Å². The number of benzene rings is 2. The van der Waals surface area contributed by atoms with E-state index in [1.807, 2.05) is 53.0 Å². The van der Waals surface area contributed by atoms with Crippen molar-refractivity contribution in [2.75, 3.05) is 5.73 Å². The minimum Gasteiger partial charge on any atom is -0.465 e. The second-order valence-corrected chi connectivity index (χ2v) is 8.87. The Labute approximate surface area is 212 Å². The summed E-state index contributed by atoms with van der Waals surface area (Å²) in [6.45, 7) is 0. The maximum atomic E-state index is 8.78. The molecule has 0 atom stereocenters. The van der Waals surface area contributed by atoms with Crippen molar-refractivity contribution in [2.24, 2.45) is 5.73 Å². The molecule has 5 N–H and O–H groups in total. The molecule has 1 fully saturated rings. The second kappa shape index (κ2) is 10.5. The molecule has 0 bridgehead atoms. The van der Waals surface area contributed by atoms with E-state index in [1.54, 1.807) is 0 Å². The first-order valence-corrected chi connectivity index (χ1v) is 12.1. The van der Waals surface area contributed by atoms with E-state index >= 15 is 0 Å². The van der Waals surface area contributed by atoms with Crippen molar-refractivity contribution in [3.63, 3.8) is 0 Å². The van der Waals surface area contributed by atoms with Crippen LogP contribution >= 0.6 is 0 Å². The van der Waals surface area contributed by atoms with Crippen LogP contribution in [0.25, 0.3) is 27.7 Å². The molecule has 3 heterocycles. The second-order valence-electron chi connectivity index (χ2n) is 8.87. The molecule has 0 spiro atoms. The molecule has 1 aliphatic carbocycles. The molecule has 6 rings (SSSR count). The van der Waals surface area contributed by atoms with E-state index in [9.17, 15) is 0 Å². The van der Waals surface area contributed by atoms with E-state index in [0.29, 0.717) is 17.6 Å². The number of hydrogen-bond acceptors (Lipinski definition) is 7. The summed E-state index contributed by atoms with van der Waals surface area (Å²) in [5.41, 5.74) is 13.7. The van der Waals surface area contributed by atoms with Crippen LogP contribution in [0.3, 0.4) is 0 Å². The average Bonchev–Trinajstić information content (AvgIpc) is 3.30. The molecule has 10 nitrogen and oxygen atoms in total. The number of hydrogen-bond donors (Lipinski definition) is 3. The molecule has 0 unspecified atom stereocenters. The molecule has 1 amide bonds. The Morgan fingerprint density at radius 2 is 1.73 bits per heavy atom. The number of nitrogens with zero attached hydrogens (tertiary/aromatic N) is 5. The third-order valence-corrected chi connectivity index (χ3v) is 6.36. The SMILES string of the molecule is NC(=O)O.Nc1ncnn2c(C3CCCCC3)nc(-c3ccc4ccc(Oc5ccccc5)nc4c3)c12. The fourth-order valence-corrected chi connectivity index (χ4v) is 4.72. The van der Waals surface area contributed by atoms with E-state index in [0.717, 1.165) is 52.1 Å². The van der Waals surface area contributed by atoms with E-state index in [-0.39, 0.29) is 0 Å². The quantitative estimate of drug-likeness (QED) is 0.299. The lowest BCUT2D eigenvalue weighted by Crippen LogP contribution is -2.10. The van der Waals surface area contributed by atoms with Gasteiger partial charge in [-0.3, -0.25) is 0 Å². The topological polar surface area (TPSA) is 155 Å². The Hall–Kier alpha value is -4.73. The summed E-state index contributed by atoms with van der Waals surface area (Å²) in [5.74, 6) is 3.10. The molecule has 5 aromatic rings. The largest absolute Gasteiger partial charge is 0.465 e. The van der Waals surface area contributed by atoms with Gasteiger partial charge in [-0.1, -0.05) is 49.6 Å². The van der Waals surface area contributed by atoms with Crippen LogP contribution in [-0.2, 0) is 0 Å². The lowest BCUT2D eigenvalue weighted by Gasteiger charge is -2.19. The highest BCUT2D eigenvalue weighted by Crippen LogP contribution is 2.37. The first kappa shape index (κ1) is 24.0. The van der Waals surface area contributed by atoms with Crippen LogP contribution < -0.4 is 16.2 Å². The normalized spacial score (nSPS) is 13.7. The number of imidazole rings is 1. The Bertz CT molecular complexity index is 1540. The van der Waals surface area contributed by atoms with Crippen LogP contribution in [0.1, 0.15) is 43.8 Å². The maximum absolute atomic E-state index is 8.78. The van der Waals surface area contributed by atoms with E-state index in [2.05, 4.69) is 27.9 Å². The zero-order valence-corrected chi connectivity index (χ0v) is 20.1. The number of para-hydroxylation sites is 1. The maximum Gasteiger partial charge on any atom is 0.402 e. The van der Waals surface area contributed by atoms with Gasteiger partial charge in [0.05, 0.1) is 5.52 Å². The van der Waals surface area contributed by atoms with Gasteiger partial charge in [-0.25, -0.2) is 24.3 Å². The summed E-state index contributed by atoms with van der Waals surface area (Å²) in [4.78, 5) is 22.8. The third kappa shape index (κ3) is 5.27. The summed E-state index contributed by atoms with van der Waals surface area (Å²) in [7, 11) is 0. The Kier molecular flexibility index (Phi) is 6.80. The number of pyridine rings is 1. The van der Waals surface area contributed by atoms with Gasteiger partial charge in [0.2, 0.25) is 5.88 Å². The summed E-state index contributed by atoms with van der Waals surface area (Å²) in [6.07, 6.45) is 6.16. The molecule has 1 saturated carbocycles. The van der Waals surface area contributed by atoms with E-state index in [4.69, 9.17) is 30.3 Å². The van der Waals surface area contributed by atoms with Gasteiger partial charge in [-0.2, -0.15) is 5.10 Å². The monoisotopic (exact) mass is 497 g/mol. The van der Waals surface area contributed by atoms with Gasteiger partial charge < -0.3 is 21.3 Å². The number of carbonyl (C=O) groups is 1. The molecule has 1 aliphatic rings. The molecule has 3 aromatic heterocycles. The molecular weight excluding hydrogens is 470 g/mol. The Morgan fingerprint density at radius 3 is 2.49 bits per heavy atom. The number of amides is 1. The Morgan fingerprint density at radius 1 is 1.00 bits per heavy atom. The number of primary amides is 1. The molecule has 188 valence electrons. The number of anilines is 1. The lowest BCUT2D eigenvalue weighted by molar-refractivity contribution is 0.205. The minimum absolute atomic E-state index is 0.388. The summed E-state index contributed by atoms with van der Waals surface area (Å²) in [5, 5.41) is 12.7. The zero-order chi connectivity index (χ0) is 25.8. The predicted octanol–water partition coefficient (Wildman–Crippen LogP) is 5.38. The number of ether oxygens (including phenoxy) is 1. The van der Waals surface area contributed by atoms with Gasteiger partial charge in [-0.05, 0) is 37.1 Å². The van der Waals surface area contributed by atoms with Crippen molar-refractivity contribution in [2.45, 2.75) is 38.0 Å². The first-order valence-electron chi connectivity index (χ1n) is 12.1. The van der Waals surface area contributed by atoms with Crippen molar-refractivity contribution in [1.82, 2.24) is 24.6 Å². The number of carboxylic acid groups (broad SMARTS) is 1. The summed E-state index contributed by atoms with van der Waals surface area (Å²) >= 11 is 0. The predicted molar refractivity (Wildman–Crippen MR) is 140 cm³/mol. The van der Waals surface area contributed by atoms with Gasteiger partial charge in [0.1, 0.15) is 29.1 Å². The van der Waals surface area contributed by atoms with Gasteiger partial charge in [0.15, 0.2) is 5.82 Å². The summed E-state index contributed by atoms with van der Waals surface area (Å²) < 4.78 is 7.82. The van der Waals surface area contributed by atoms with Crippen LogP contribution in [0.5, 0.6) is 11.6 Å². The van der Waals surface area contributed by atoms with Crippen molar-refractivity contribution in [1.29, 1.82) is 0 Å². The fraction of sp³-hybridized carbons (Fsp3) is 0.222. The third-order valence-electron chi connectivity index (χ3n) is 6.36. The first-order chi connectivity index (χ1) is 18.0. The van der Waals surface area contributed by atoms with Crippen molar-refractivity contribution in [3.05, 3.63) is 72.8 Å². The molecule has 0 aliphatic heterocycles. The highest BCUT2D eigenvalue weighted by atomic mass is 16.5. The van der Waals surface area contributed by atoms with Crippen LogP contribution in [0.15, 0.2) is 67.0 Å².